The maximum Gasteiger partial charge on any atom is 0.317 e. The number of carbonyl (C=O) groups is 2. The van der Waals surface area contributed by atoms with Crippen molar-refractivity contribution in [2.24, 2.45) is 0 Å². The summed E-state index contributed by atoms with van der Waals surface area (Å²) in [7, 11) is 0. The largest absolute Gasteiger partial charge is 0.347 e. The highest BCUT2D eigenvalue weighted by molar-refractivity contribution is 5.94. The lowest BCUT2D eigenvalue weighted by Crippen LogP contribution is -2.52. The Hall–Kier alpha value is -2.19. The molecule has 146 valence electrons. The molecule has 1 spiro atoms. The van der Waals surface area contributed by atoms with Gasteiger partial charge in [0.25, 0.3) is 5.91 Å². The van der Waals surface area contributed by atoms with Gasteiger partial charge in [0.1, 0.15) is 0 Å². The second-order valence-electron chi connectivity index (χ2n) is 7.47. The van der Waals surface area contributed by atoms with Crippen LogP contribution in [0.25, 0.3) is 0 Å². The van der Waals surface area contributed by atoms with Crippen LogP contribution in [-0.4, -0.2) is 77.9 Å². The van der Waals surface area contributed by atoms with E-state index in [1.54, 1.807) is 17.2 Å². The van der Waals surface area contributed by atoms with Crippen molar-refractivity contribution in [2.45, 2.75) is 38.0 Å². The van der Waals surface area contributed by atoms with E-state index in [0.29, 0.717) is 57.8 Å². The van der Waals surface area contributed by atoms with Crippen LogP contribution in [0.3, 0.4) is 0 Å². The molecule has 1 aromatic rings. The molecule has 1 unspecified atom stereocenters. The minimum Gasteiger partial charge on any atom is -0.347 e. The fraction of sp³-hybridized carbons (Fsp3) is 0.632. The van der Waals surface area contributed by atoms with Gasteiger partial charge in [0.2, 0.25) is 0 Å². The number of amides is 3. The van der Waals surface area contributed by atoms with Gasteiger partial charge in [-0.15, -0.1) is 0 Å². The molecule has 1 atom stereocenters. The summed E-state index contributed by atoms with van der Waals surface area (Å²) in [5, 5.41) is 3.07. The summed E-state index contributed by atoms with van der Waals surface area (Å²) in [6.45, 7) is 5.57. The second kappa shape index (κ2) is 7.44. The lowest BCUT2D eigenvalue weighted by molar-refractivity contribution is -0.181. The number of nitrogens with one attached hydrogen (secondary N) is 1. The normalized spacial score (nSPS) is 24.4. The van der Waals surface area contributed by atoms with E-state index in [2.05, 4.69) is 10.3 Å². The third kappa shape index (κ3) is 3.91. The average molecular weight is 374 g/mol. The van der Waals surface area contributed by atoms with Gasteiger partial charge in [-0.2, -0.15) is 0 Å². The zero-order valence-electron chi connectivity index (χ0n) is 15.6. The molecular formula is C19H26N4O4. The molecular weight excluding hydrogens is 348 g/mol. The molecule has 3 saturated heterocycles. The highest BCUT2D eigenvalue weighted by atomic mass is 16.7. The number of urea groups is 1. The summed E-state index contributed by atoms with van der Waals surface area (Å²) >= 11 is 0. The van der Waals surface area contributed by atoms with Gasteiger partial charge in [0.05, 0.1) is 18.8 Å². The van der Waals surface area contributed by atoms with Gasteiger partial charge in [0, 0.05) is 57.0 Å². The van der Waals surface area contributed by atoms with Crippen molar-refractivity contribution in [2.75, 3.05) is 39.4 Å². The SMILES string of the molecule is Cc1ccc(C(=O)N2CCC(NC(=O)N3CCC4(CC3)OCCO4)C2)cn1. The summed E-state index contributed by atoms with van der Waals surface area (Å²) in [5.41, 5.74) is 1.47. The first-order chi connectivity index (χ1) is 13.0. The minimum absolute atomic E-state index is 0.0188. The van der Waals surface area contributed by atoms with Crippen molar-refractivity contribution in [1.82, 2.24) is 20.1 Å². The number of hydrogen-bond acceptors (Lipinski definition) is 5. The van der Waals surface area contributed by atoms with Crippen LogP contribution >= 0.6 is 0 Å². The Kier molecular flexibility index (Phi) is 5.01. The first kappa shape index (κ1) is 18.2. The molecule has 3 aliphatic rings. The molecule has 0 bridgehead atoms. The molecule has 0 radical (unpaired) electrons. The van der Waals surface area contributed by atoms with E-state index in [0.717, 1.165) is 12.1 Å². The van der Waals surface area contributed by atoms with Crippen LogP contribution in [0.15, 0.2) is 18.3 Å². The van der Waals surface area contributed by atoms with Crippen LogP contribution in [0.1, 0.15) is 35.3 Å². The molecule has 4 rings (SSSR count). The van der Waals surface area contributed by atoms with Crippen LogP contribution in [-0.2, 0) is 9.47 Å². The third-order valence-corrected chi connectivity index (χ3v) is 5.59. The van der Waals surface area contributed by atoms with E-state index in [1.165, 1.54) is 0 Å². The number of pyridine rings is 1. The van der Waals surface area contributed by atoms with Crippen LogP contribution < -0.4 is 5.32 Å². The molecule has 1 aromatic heterocycles. The Labute approximate surface area is 158 Å². The Morgan fingerprint density at radius 2 is 1.89 bits per heavy atom. The van der Waals surface area contributed by atoms with Gasteiger partial charge in [-0.3, -0.25) is 9.78 Å². The summed E-state index contributed by atoms with van der Waals surface area (Å²) in [6, 6.07) is 3.55. The average Bonchev–Trinajstić information content (AvgIpc) is 3.32. The molecule has 0 saturated carbocycles. The number of hydrogen-bond donors (Lipinski definition) is 1. The maximum atomic E-state index is 12.6. The predicted octanol–water partition coefficient (Wildman–Crippen LogP) is 1.15. The minimum atomic E-state index is -0.477. The highest BCUT2D eigenvalue weighted by Gasteiger charge is 2.41. The quantitative estimate of drug-likeness (QED) is 0.840. The number of carbonyl (C=O) groups excluding carboxylic acids is 2. The van der Waals surface area contributed by atoms with Crippen molar-refractivity contribution in [3.05, 3.63) is 29.6 Å². The Morgan fingerprint density at radius 3 is 2.56 bits per heavy atom. The smallest absolute Gasteiger partial charge is 0.317 e. The fourth-order valence-electron chi connectivity index (χ4n) is 3.94. The maximum absolute atomic E-state index is 12.6. The van der Waals surface area contributed by atoms with Crippen molar-refractivity contribution in [3.8, 4) is 0 Å². The number of nitrogens with zero attached hydrogens (tertiary/aromatic N) is 3. The summed E-state index contributed by atoms with van der Waals surface area (Å²) < 4.78 is 11.4. The topological polar surface area (TPSA) is 84.0 Å². The van der Waals surface area contributed by atoms with E-state index in [-0.39, 0.29) is 18.0 Å². The summed E-state index contributed by atoms with van der Waals surface area (Å²) in [4.78, 5) is 32.9. The molecule has 3 amide bonds. The second-order valence-corrected chi connectivity index (χ2v) is 7.47. The van der Waals surface area contributed by atoms with Crippen LogP contribution in [0.5, 0.6) is 0 Å². The van der Waals surface area contributed by atoms with E-state index in [4.69, 9.17) is 9.47 Å². The van der Waals surface area contributed by atoms with Gasteiger partial charge in [-0.1, -0.05) is 0 Å². The van der Waals surface area contributed by atoms with Gasteiger partial charge in [0.15, 0.2) is 5.79 Å². The number of ether oxygens (including phenoxy) is 2. The number of aryl methyl sites for hydroxylation is 1. The van der Waals surface area contributed by atoms with Crippen LogP contribution in [0.2, 0.25) is 0 Å². The predicted molar refractivity (Wildman–Crippen MR) is 97.3 cm³/mol. The first-order valence-electron chi connectivity index (χ1n) is 9.60. The molecule has 8 heteroatoms. The zero-order valence-corrected chi connectivity index (χ0v) is 15.6. The fourth-order valence-corrected chi connectivity index (χ4v) is 3.94. The lowest BCUT2D eigenvalue weighted by atomic mass is 10.0. The number of piperidine rings is 1. The van der Waals surface area contributed by atoms with E-state index in [9.17, 15) is 9.59 Å². The molecule has 4 heterocycles. The molecule has 1 N–H and O–H groups in total. The van der Waals surface area contributed by atoms with Crippen molar-refractivity contribution in [3.63, 3.8) is 0 Å². The van der Waals surface area contributed by atoms with Gasteiger partial charge in [-0.05, 0) is 25.5 Å². The van der Waals surface area contributed by atoms with E-state index < -0.39 is 5.79 Å². The monoisotopic (exact) mass is 374 g/mol. The summed E-state index contributed by atoms with van der Waals surface area (Å²) in [5.74, 6) is -0.509. The van der Waals surface area contributed by atoms with Crippen molar-refractivity contribution < 1.29 is 19.1 Å². The number of likely N-dealkylation sites (tertiary alicyclic amines) is 2. The van der Waals surface area contributed by atoms with Gasteiger partial charge in [-0.25, -0.2) is 4.79 Å². The lowest BCUT2D eigenvalue weighted by Gasteiger charge is -2.37. The van der Waals surface area contributed by atoms with E-state index >= 15 is 0 Å². The molecule has 0 aliphatic carbocycles. The van der Waals surface area contributed by atoms with Crippen LogP contribution in [0, 0.1) is 6.92 Å². The Balaban J connectivity index is 1.26. The van der Waals surface area contributed by atoms with Gasteiger partial charge >= 0.3 is 6.03 Å². The number of rotatable bonds is 2. The Morgan fingerprint density at radius 1 is 1.15 bits per heavy atom. The molecule has 8 nitrogen and oxygen atoms in total. The molecule has 3 aliphatic heterocycles. The summed E-state index contributed by atoms with van der Waals surface area (Å²) in [6.07, 6.45) is 3.79. The highest BCUT2D eigenvalue weighted by Crippen LogP contribution is 2.31. The van der Waals surface area contributed by atoms with E-state index in [1.807, 2.05) is 17.9 Å². The molecule has 0 aromatic carbocycles. The van der Waals surface area contributed by atoms with Crippen LogP contribution in [0.4, 0.5) is 4.79 Å². The molecule has 3 fully saturated rings. The molecule has 27 heavy (non-hydrogen) atoms. The standard InChI is InChI=1S/C19H26N4O4/c1-14-2-3-15(12-20-14)17(24)23-7-4-16(13-23)21-18(25)22-8-5-19(6-9-22)26-10-11-27-19/h2-3,12,16H,4-11,13H2,1H3,(H,21,25). The first-order valence-corrected chi connectivity index (χ1v) is 9.60. The van der Waals surface area contributed by atoms with Gasteiger partial charge < -0.3 is 24.6 Å². The number of aromatic nitrogens is 1. The Bertz CT molecular complexity index is 692. The third-order valence-electron chi connectivity index (χ3n) is 5.59. The van der Waals surface area contributed by atoms with Crippen molar-refractivity contribution >= 4 is 11.9 Å². The van der Waals surface area contributed by atoms with Crippen molar-refractivity contribution in [1.29, 1.82) is 0 Å². The zero-order chi connectivity index (χ0) is 18.9.